The highest BCUT2D eigenvalue weighted by molar-refractivity contribution is 6.31. The van der Waals surface area contributed by atoms with Crippen LogP contribution < -0.4 is 10.1 Å². The fourth-order valence-electron chi connectivity index (χ4n) is 4.30. The Balaban J connectivity index is 2.01. The lowest BCUT2D eigenvalue weighted by atomic mass is 10.0. The van der Waals surface area contributed by atoms with Gasteiger partial charge < -0.3 is 15.0 Å². The lowest BCUT2D eigenvalue weighted by molar-refractivity contribution is -0.140. The molecule has 2 amide bonds. The van der Waals surface area contributed by atoms with Gasteiger partial charge in [-0.25, -0.2) is 4.39 Å². The van der Waals surface area contributed by atoms with Crippen LogP contribution >= 0.6 is 23.2 Å². The summed E-state index contributed by atoms with van der Waals surface area (Å²) in [6.45, 7) is 0.0754. The summed E-state index contributed by atoms with van der Waals surface area (Å²) in [6.07, 6.45) is 6.13. The number of ether oxygens (including phenoxy) is 1. The van der Waals surface area contributed by atoms with Crippen molar-refractivity contribution in [1.29, 1.82) is 0 Å². The Morgan fingerprint density at radius 3 is 2.48 bits per heavy atom. The minimum atomic E-state index is -1.07. The Morgan fingerprint density at radius 1 is 1.15 bits per heavy atom. The molecule has 33 heavy (non-hydrogen) atoms. The molecule has 1 N–H and O–H groups in total. The van der Waals surface area contributed by atoms with Crippen LogP contribution in [0.1, 0.15) is 55.7 Å². The van der Waals surface area contributed by atoms with Crippen molar-refractivity contribution in [3.05, 3.63) is 64.4 Å². The second-order valence-electron chi connectivity index (χ2n) is 8.23. The monoisotopic (exact) mass is 494 g/mol. The molecule has 178 valence electrons. The number of alkyl halides is 1. The first-order chi connectivity index (χ1) is 15.9. The third-order valence-electron chi connectivity index (χ3n) is 5.99. The normalized spacial score (nSPS) is 15.4. The number of methoxy groups -OCH3 is 1. The second-order valence-corrected chi connectivity index (χ2v) is 8.91. The van der Waals surface area contributed by atoms with Gasteiger partial charge in [0.25, 0.3) is 0 Å². The minimum absolute atomic E-state index is 0.0148. The molecule has 3 rings (SSSR count). The van der Waals surface area contributed by atoms with Gasteiger partial charge in [-0.1, -0.05) is 61.5 Å². The van der Waals surface area contributed by atoms with E-state index >= 15 is 0 Å². The van der Waals surface area contributed by atoms with Crippen LogP contribution in [0.4, 0.5) is 4.39 Å². The molecule has 0 saturated heterocycles. The van der Waals surface area contributed by atoms with Crippen molar-refractivity contribution in [2.45, 2.75) is 57.2 Å². The molecule has 8 heteroatoms. The van der Waals surface area contributed by atoms with E-state index in [0.29, 0.717) is 16.9 Å². The van der Waals surface area contributed by atoms with Gasteiger partial charge in [-0.15, -0.1) is 11.6 Å². The molecule has 0 bridgehead atoms. The quantitative estimate of drug-likeness (QED) is 0.381. The van der Waals surface area contributed by atoms with E-state index in [1.807, 2.05) is 18.2 Å². The number of halogens is 3. The van der Waals surface area contributed by atoms with E-state index in [1.54, 1.807) is 13.2 Å². The van der Waals surface area contributed by atoms with E-state index in [1.165, 1.54) is 17.0 Å². The number of carbonyl (C=O) groups excluding carboxylic acids is 2. The zero-order chi connectivity index (χ0) is 23.8. The summed E-state index contributed by atoms with van der Waals surface area (Å²) in [5.41, 5.74) is 1.06. The number of para-hydroxylation sites is 1. The van der Waals surface area contributed by atoms with Crippen LogP contribution in [-0.2, 0) is 16.1 Å². The van der Waals surface area contributed by atoms with Crippen molar-refractivity contribution in [1.82, 2.24) is 10.2 Å². The second kappa shape index (κ2) is 12.2. The number of rotatable bonds is 8. The molecular formula is C25H29Cl2FN2O3. The van der Waals surface area contributed by atoms with Crippen molar-refractivity contribution in [2.75, 3.05) is 13.0 Å². The van der Waals surface area contributed by atoms with E-state index in [0.717, 1.165) is 44.6 Å². The topological polar surface area (TPSA) is 58.6 Å². The third-order valence-corrected chi connectivity index (χ3v) is 6.54. The van der Waals surface area contributed by atoms with Gasteiger partial charge in [0.05, 0.1) is 13.7 Å². The van der Waals surface area contributed by atoms with E-state index in [-0.39, 0.29) is 29.4 Å². The predicted molar refractivity (Wildman–Crippen MR) is 128 cm³/mol. The molecule has 1 atom stereocenters. The molecule has 0 aliphatic heterocycles. The Labute approximate surface area is 204 Å². The highest BCUT2D eigenvalue weighted by Gasteiger charge is 2.34. The highest BCUT2D eigenvalue weighted by atomic mass is 35.5. The highest BCUT2D eigenvalue weighted by Crippen LogP contribution is 2.32. The van der Waals surface area contributed by atoms with Crippen molar-refractivity contribution in [3.8, 4) is 5.75 Å². The van der Waals surface area contributed by atoms with Crippen molar-refractivity contribution in [2.24, 2.45) is 0 Å². The summed E-state index contributed by atoms with van der Waals surface area (Å²) in [5, 5.41) is 3.19. The van der Waals surface area contributed by atoms with Gasteiger partial charge >= 0.3 is 0 Å². The molecule has 0 heterocycles. The molecule has 1 aliphatic rings. The van der Waals surface area contributed by atoms with Crippen molar-refractivity contribution < 1.29 is 18.7 Å². The van der Waals surface area contributed by atoms with E-state index in [2.05, 4.69) is 5.32 Å². The number of nitrogens with one attached hydrogen (secondary N) is 1. The zero-order valence-electron chi connectivity index (χ0n) is 18.7. The van der Waals surface area contributed by atoms with Gasteiger partial charge in [-0.05, 0) is 31.0 Å². The number of nitrogens with zero attached hydrogens (tertiary/aromatic N) is 1. The Kier molecular flexibility index (Phi) is 9.39. The summed E-state index contributed by atoms with van der Waals surface area (Å²) < 4.78 is 19.2. The first-order valence-corrected chi connectivity index (χ1v) is 12.1. The van der Waals surface area contributed by atoms with E-state index in [4.69, 9.17) is 27.9 Å². The van der Waals surface area contributed by atoms with Crippen LogP contribution in [0.3, 0.4) is 0 Å². The first kappa shape index (κ1) is 25.3. The van der Waals surface area contributed by atoms with Gasteiger partial charge in [-0.2, -0.15) is 0 Å². The summed E-state index contributed by atoms with van der Waals surface area (Å²) >= 11 is 12.3. The molecule has 5 nitrogen and oxygen atoms in total. The molecule has 1 fully saturated rings. The predicted octanol–water partition coefficient (Wildman–Crippen LogP) is 5.64. The number of benzene rings is 2. The minimum Gasteiger partial charge on any atom is -0.496 e. The lowest BCUT2D eigenvalue weighted by Gasteiger charge is -2.33. The van der Waals surface area contributed by atoms with E-state index < -0.39 is 17.8 Å². The largest absolute Gasteiger partial charge is 0.496 e. The van der Waals surface area contributed by atoms with Crippen LogP contribution in [-0.4, -0.2) is 35.7 Å². The standard InChI is InChI=1S/C25H29Cl2FN2O3/c1-33-22-11-7-6-8-17(22)16-30(23(31)15-26)24(20-13-12-18(28)14-21(20)27)25(32)29-19-9-4-2-3-5-10-19/h6-8,11-14,19,24H,2-5,9-10,15-16H2,1H3,(H,29,32). The van der Waals surface area contributed by atoms with Gasteiger partial charge in [0.15, 0.2) is 0 Å². The molecule has 0 aromatic heterocycles. The Bertz CT molecular complexity index is 964. The molecule has 1 unspecified atom stereocenters. The van der Waals surface area contributed by atoms with E-state index in [9.17, 15) is 14.0 Å². The SMILES string of the molecule is COc1ccccc1CN(C(=O)CCl)C(C(=O)NC1CCCCCC1)c1ccc(F)cc1Cl. The van der Waals surface area contributed by atoms with Crippen LogP contribution in [0.15, 0.2) is 42.5 Å². The summed E-state index contributed by atoms with van der Waals surface area (Å²) in [7, 11) is 1.54. The first-order valence-electron chi connectivity index (χ1n) is 11.2. The number of carbonyl (C=O) groups is 2. The molecule has 0 radical (unpaired) electrons. The number of amides is 2. The molecule has 0 spiro atoms. The maximum Gasteiger partial charge on any atom is 0.247 e. The molecule has 2 aromatic carbocycles. The van der Waals surface area contributed by atoms with Gasteiger partial charge in [-0.3, -0.25) is 9.59 Å². The average molecular weight is 495 g/mol. The van der Waals surface area contributed by atoms with Crippen LogP contribution in [0.25, 0.3) is 0 Å². The maximum atomic E-state index is 13.8. The van der Waals surface area contributed by atoms with Crippen LogP contribution in [0.2, 0.25) is 5.02 Å². The van der Waals surface area contributed by atoms with Crippen LogP contribution in [0, 0.1) is 5.82 Å². The van der Waals surface area contributed by atoms with Crippen LogP contribution in [0.5, 0.6) is 5.75 Å². The molecule has 1 aliphatic carbocycles. The third kappa shape index (κ3) is 6.61. The number of hydrogen-bond acceptors (Lipinski definition) is 3. The molecule has 1 saturated carbocycles. The summed E-state index contributed by atoms with van der Waals surface area (Å²) in [6, 6.07) is 10.0. The number of hydrogen-bond donors (Lipinski definition) is 1. The molecular weight excluding hydrogens is 466 g/mol. The van der Waals surface area contributed by atoms with Gasteiger partial charge in [0.1, 0.15) is 23.5 Å². The maximum absolute atomic E-state index is 13.8. The Hall–Kier alpha value is -2.31. The zero-order valence-corrected chi connectivity index (χ0v) is 20.2. The molecule has 2 aromatic rings. The van der Waals surface area contributed by atoms with Gasteiger partial charge in [0.2, 0.25) is 11.8 Å². The summed E-state index contributed by atoms with van der Waals surface area (Å²) in [4.78, 5) is 28.0. The average Bonchev–Trinajstić information content (AvgIpc) is 3.08. The lowest BCUT2D eigenvalue weighted by Crippen LogP contribution is -2.46. The summed E-state index contributed by atoms with van der Waals surface area (Å²) in [5.74, 6) is -1.06. The fraction of sp³-hybridized carbons (Fsp3) is 0.440. The van der Waals surface area contributed by atoms with Crippen molar-refractivity contribution >= 4 is 35.0 Å². The fourth-order valence-corrected chi connectivity index (χ4v) is 4.72. The van der Waals surface area contributed by atoms with Gasteiger partial charge in [0, 0.05) is 22.2 Å². The Morgan fingerprint density at radius 2 is 1.85 bits per heavy atom. The van der Waals surface area contributed by atoms with Crippen molar-refractivity contribution in [3.63, 3.8) is 0 Å². The smallest absolute Gasteiger partial charge is 0.247 e.